The van der Waals surface area contributed by atoms with Crippen LogP contribution in [0.3, 0.4) is 0 Å². The summed E-state index contributed by atoms with van der Waals surface area (Å²) < 4.78 is 0. The van der Waals surface area contributed by atoms with Crippen molar-refractivity contribution in [2.75, 3.05) is 13.1 Å². The molecule has 0 aliphatic carbocycles. The predicted octanol–water partition coefficient (Wildman–Crippen LogP) is 2.28. The Kier molecular flexibility index (Phi) is 4.72. The van der Waals surface area contributed by atoms with Crippen molar-refractivity contribution in [3.05, 3.63) is 35.4 Å². The van der Waals surface area contributed by atoms with Crippen LogP contribution in [0.15, 0.2) is 24.3 Å². The molecular formula is C16H23NO2. The molecule has 0 saturated carbocycles. The maximum Gasteiger partial charge on any atom is 0.179 e. The number of ketones is 1. The lowest BCUT2D eigenvalue weighted by Gasteiger charge is -2.33. The smallest absolute Gasteiger partial charge is 0.179 e. The first-order chi connectivity index (χ1) is 9.11. The van der Waals surface area contributed by atoms with E-state index in [-0.39, 0.29) is 17.9 Å². The Balaban J connectivity index is 2.01. The normalized spacial score (nSPS) is 19.3. The molecule has 0 amide bonds. The summed E-state index contributed by atoms with van der Waals surface area (Å²) in [6.45, 7) is 5.69. The third-order valence-electron chi connectivity index (χ3n) is 4.07. The highest BCUT2D eigenvalue weighted by Gasteiger charge is 2.26. The Morgan fingerprint density at radius 2 is 1.89 bits per heavy atom. The highest BCUT2D eigenvalue weighted by molar-refractivity contribution is 5.99. The SMILES string of the molecule is CCc1ccc(C(=O)C(C)N2CCC(O)CC2)cc1. The summed E-state index contributed by atoms with van der Waals surface area (Å²) in [5.74, 6) is 0.180. The summed E-state index contributed by atoms with van der Waals surface area (Å²) in [7, 11) is 0. The number of hydrogen-bond donors (Lipinski definition) is 1. The molecular weight excluding hydrogens is 238 g/mol. The molecule has 3 nitrogen and oxygen atoms in total. The molecule has 19 heavy (non-hydrogen) atoms. The molecule has 1 N–H and O–H groups in total. The first kappa shape index (κ1) is 14.2. The number of likely N-dealkylation sites (tertiary alicyclic amines) is 1. The summed E-state index contributed by atoms with van der Waals surface area (Å²) >= 11 is 0. The highest BCUT2D eigenvalue weighted by atomic mass is 16.3. The van der Waals surface area contributed by atoms with Gasteiger partial charge in [0.15, 0.2) is 5.78 Å². The van der Waals surface area contributed by atoms with Gasteiger partial charge in [-0.3, -0.25) is 9.69 Å². The van der Waals surface area contributed by atoms with Gasteiger partial charge in [-0.2, -0.15) is 0 Å². The Morgan fingerprint density at radius 1 is 1.32 bits per heavy atom. The molecule has 104 valence electrons. The van der Waals surface area contributed by atoms with E-state index in [0.29, 0.717) is 0 Å². The summed E-state index contributed by atoms with van der Waals surface area (Å²) in [5, 5.41) is 9.51. The van der Waals surface area contributed by atoms with Crippen LogP contribution in [0.2, 0.25) is 0 Å². The van der Waals surface area contributed by atoms with Crippen molar-refractivity contribution in [2.24, 2.45) is 0 Å². The van der Waals surface area contributed by atoms with Gasteiger partial charge >= 0.3 is 0 Å². The topological polar surface area (TPSA) is 40.5 Å². The number of carbonyl (C=O) groups excluding carboxylic acids is 1. The molecule has 0 spiro atoms. The molecule has 1 fully saturated rings. The molecule has 1 aliphatic rings. The number of nitrogens with zero attached hydrogens (tertiary/aromatic N) is 1. The zero-order chi connectivity index (χ0) is 13.8. The second kappa shape index (κ2) is 6.31. The monoisotopic (exact) mass is 261 g/mol. The van der Waals surface area contributed by atoms with E-state index in [0.717, 1.165) is 37.9 Å². The van der Waals surface area contributed by atoms with Crippen LogP contribution in [0.25, 0.3) is 0 Å². The van der Waals surface area contributed by atoms with Crippen molar-refractivity contribution in [3.63, 3.8) is 0 Å². The Hall–Kier alpha value is -1.19. The van der Waals surface area contributed by atoms with Crippen LogP contribution in [-0.2, 0) is 6.42 Å². The number of aliphatic hydroxyl groups is 1. The van der Waals surface area contributed by atoms with Crippen molar-refractivity contribution in [2.45, 2.75) is 45.3 Å². The third-order valence-corrected chi connectivity index (χ3v) is 4.07. The zero-order valence-corrected chi connectivity index (χ0v) is 11.8. The standard InChI is InChI=1S/C16H23NO2/c1-3-13-4-6-14(7-5-13)16(19)12(2)17-10-8-15(18)9-11-17/h4-7,12,15,18H,3,8-11H2,1-2H3. The molecule has 1 aromatic carbocycles. The lowest BCUT2D eigenvalue weighted by atomic mass is 9.99. The zero-order valence-electron chi connectivity index (χ0n) is 11.8. The number of hydrogen-bond acceptors (Lipinski definition) is 3. The van der Waals surface area contributed by atoms with Crippen LogP contribution in [0.4, 0.5) is 0 Å². The molecule has 1 atom stereocenters. The lowest BCUT2D eigenvalue weighted by Crippen LogP contribution is -2.45. The van der Waals surface area contributed by atoms with Gasteiger partial charge in [-0.05, 0) is 31.7 Å². The van der Waals surface area contributed by atoms with E-state index in [1.165, 1.54) is 5.56 Å². The molecule has 0 bridgehead atoms. The average Bonchev–Trinajstić information content (AvgIpc) is 2.46. The van der Waals surface area contributed by atoms with Crippen LogP contribution in [0, 0.1) is 0 Å². The van der Waals surface area contributed by atoms with Crippen LogP contribution in [0.5, 0.6) is 0 Å². The molecule has 1 saturated heterocycles. The largest absolute Gasteiger partial charge is 0.393 e. The summed E-state index contributed by atoms with van der Waals surface area (Å²) in [6.07, 6.45) is 2.34. The van der Waals surface area contributed by atoms with Gasteiger partial charge in [-0.1, -0.05) is 31.2 Å². The minimum atomic E-state index is -0.192. The van der Waals surface area contributed by atoms with Crippen molar-refractivity contribution in [3.8, 4) is 0 Å². The number of Topliss-reactive ketones (excluding diaryl/α,β-unsaturated/α-hetero) is 1. The fourth-order valence-corrected chi connectivity index (χ4v) is 2.58. The number of rotatable bonds is 4. The van der Waals surface area contributed by atoms with Crippen LogP contribution < -0.4 is 0 Å². The molecule has 0 radical (unpaired) electrons. The predicted molar refractivity (Wildman–Crippen MR) is 76.4 cm³/mol. The number of aryl methyl sites for hydroxylation is 1. The first-order valence-corrected chi connectivity index (χ1v) is 7.17. The van der Waals surface area contributed by atoms with Crippen LogP contribution in [-0.4, -0.2) is 41.0 Å². The van der Waals surface area contributed by atoms with Crippen molar-refractivity contribution >= 4 is 5.78 Å². The van der Waals surface area contributed by atoms with Gasteiger partial charge in [-0.15, -0.1) is 0 Å². The average molecular weight is 261 g/mol. The van der Waals surface area contributed by atoms with Crippen LogP contribution in [0.1, 0.15) is 42.6 Å². The molecule has 3 heteroatoms. The number of aliphatic hydroxyl groups excluding tert-OH is 1. The Bertz CT molecular complexity index is 419. The van der Waals surface area contributed by atoms with Gasteiger partial charge < -0.3 is 5.11 Å². The van der Waals surface area contributed by atoms with Crippen LogP contribution >= 0.6 is 0 Å². The molecule has 2 rings (SSSR count). The number of carbonyl (C=O) groups is 1. The number of piperidine rings is 1. The molecule has 1 heterocycles. The molecule has 1 unspecified atom stereocenters. The van der Waals surface area contributed by atoms with E-state index in [4.69, 9.17) is 0 Å². The second-order valence-corrected chi connectivity index (χ2v) is 5.36. The fourth-order valence-electron chi connectivity index (χ4n) is 2.58. The molecule has 0 aromatic heterocycles. The van der Waals surface area contributed by atoms with Crippen molar-refractivity contribution in [1.82, 2.24) is 4.90 Å². The molecule has 1 aromatic rings. The van der Waals surface area contributed by atoms with E-state index in [1.807, 2.05) is 31.2 Å². The maximum atomic E-state index is 12.4. The van der Waals surface area contributed by atoms with Gasteiger partial charge in [0.2, 0.25) is 0 Å². The molecule has 1 aliphatic heterocycles. The van der Waals surface area contributed by atoms with E-state index in [2.05, 4.69) is 11.8 Å². The summed E-state index contributed by atoms with van der Waals surface area (Å²) in [6, 6.07) is 7.81. The van der Waals surface area contributed by atoms with E-state index in [9.17, 15) is 9.90 Å². The van der Waals surface area contributed by atoms with E-state index < -0.39 is 0 Å². The van der Waals surface area contributed by atoms with E-state index >= 15 is 0 Å². The van der Waals surface area contributed by atoms with Gasteiger partial charge in [0, 0.05) is 18.7 Å². The van der Waals surface area contributed by atoms with Crippen molar-refractivity contribution < 1.29 is 9.90 Å². The fraction of sp³-hybridized carbons (Fsp3) is 0.562. The maximum absolute atomic E-state index is 12.4. The number of benzene rings is 1. The minimum Gasteiger partial charge on any atom is -0.393 e. The van der Waals surface area contributed by atoms with Gasteiger partial charge in [0.05, 0.1) is 12.1 Å². The Morgan fingerprint density at radius 3 is 2.42 bits per heavy atom. The Labute approximate surface area is 115 Å². The third kappa shape index (κ3) is 3.43. The highest BCUT2D eigenvalue weighted by Crippen LogP contribution is 2.16. The van der Waals surface area contributed by atoms with Gasteiger partial charge in [-0.25, -0.2) is 0 Å². The quantitative estimate of drug-likeness (QED) is 0.845. The summed E-state index contributed by atoms with van der Waals surface area (Å²) in [5.41, 5.74) is 2.04. The first-order valence-electron chi connectivity index (χ1n) is 7.17. The van der Waals surface area contributed by atoms with Gasteiger partial charge in [0.25, 0.3) is 0 Å². The summed E-state index contributed by atoms with van der Waals surface area (Å²) in [4.78, 5) is 14.6. The van der Waals surface area contributed by atoms with E-state index in [1.54, 1.807) is 0 Å². The minimum absolute atomic E-state index is 0.0972. The van der Waals surface area contributed by atoms with Gasteiger partial charge in [0.1, 0.15) is 0 Å². The lowest BCUT2D eigenvalue weighted by molar-refractivity contribution is 0.0549. The second-order valence-electron chi connectivity index (χ2n) is 5.36. The van der Waals surface area contributed by atoms with Crippen molar-refractivity contribution in [1.29, 1.82) is 0 Å².